The lowest BCUT2D eigenvalue weighted by Crippen LogP contribution is -2.39. The molecule has 1 aromatic heterocycles. The van der Waals surface area contributed by atoms with Gasteiger partial charge in [0.2, 0.25) is 0 Å². The van der Waals surface area contributed by atoms with Gasteiger partial charge in [-0.25, -0.2) is 9.78 Å². The highest BCUT2D eigenvalue weighted by atomic mass is 16.6. The Balaban J connectivity index is 1.95. The van der Waals surface area contributed by atoms with E-state index in [0.717, 1.165) is 24.3 Å². The quantitative estimate of drug-likeness (QED) is 0.840. The van der Waals surface area contributed by atoms with E-state index in [-0.39, 0.29) is 12.1 Å². The molecule has 2 rings (SSSR count). The molecule has 1 aliphatic heterocycles. The first-order valence-electron chi connectivity index (χ1n) is 7.40. The molecule has 1 saturated heterocycles. The summed E-state index contributed by atoms with van der Waals surface area (Å²) in [5, 5.41) is 0. The van der Waals surface area contributed by atoms with E-state index < -0.39 is 5.60 Å². The number of nitrogens with zero attached hydrogens (tertiary/aromatic N) is 3. The van der Waals surface area contributed by atoms with Crippen molar-refractivity contribution >= 4 is 11.9 Å². The van der Waals surface area contributed by atoms with Crippen molar-refractivity contribution < 1.29 is 9.53 Å². The van der Waals surface area contributed by atoms with Crippen LogP contribution in [0.25, 0.3) is 0 Å². The van der Waals surface area contributed by atoms with Gasteiger partial charge in [-0.15, -0.1) is 0 Å². The second-order valence-corrected chi connectivity index (χ2v) is 6.67. The summed E-state index contributed by atoms with van der Waals surface area (Å²) in [5.41, 5.74) is 0.702. The second-order valence-electron chi connectivity index (χ2n) is 6.67. The van der Waals surface area contributed by atoms with Crippen LogP contribution in [0, 0.1) is 6.92 Å². The van der Waals surface area contributed by atoms with Gasteiger partial charge in [-0.05, 0) is 45.7 Å². The van der Waals surface area contributed by atoms with Crippen molar-refractivity contribution in [1.82, 2.24) is 9.88 Å². The van der Waals surface area contributed by atoms with E-state index in [9.17, 15) is 4.79 Å². The molecule has 1 aromatic rings. The molecular formula is C16H25N3O2. The molecule has 1 unspecified atom stereocenters. The molecule has 0 saturated carbocycles. The number of hydrogen-bond acceptors (Lipinski definition) is 4. The van der Waals surface area contributed by atoms with Crippen LogP contribution in [-0.2, 0) is 4.74 Å². The Hall–Kier alpha value is -1.78. The minimum Gasteiger partial charge on any atom is -0.444 e. The number of likely N-dealkylation sites (N-methyl/N-ethyl adjacent to an activating group) is 1. The molecule has 0 radical (unpaired) electrons. The number of carbonyl (C=O) groups excluding carboxylic acids is 1. The van der Waals surface area contributed by atoms with E-state index in [0.29, 0.717) is 6.54 Å². The number of likely N-dealkylation sites (tertiary alicyclic amines) is 1. The van der Waals surface area contributed by atoms with E-state index in [1.807, 2.05) is 47.0 Å². The molecule has 0 aliphatic carbocycles. The molecule has 0 bridgehead atoms. The first kappa shape index (κ1) is 15.6. The van der Waals surface area contributed by atoms with Gasteiger partial charge in [-0.3, -0.25) is 0 Å². The fourth-order valence-corrected chi connectivity index (χ4v) is 2.41. The average Bonchev–Trinajstić information content (AvgIpc) is 2.86. The van der Waals surface area contributed by atoms with E-state index in [4.69, 9.17) is 4.74 Å². The van der Waals surface area contributed by atoms with E-state index in [2.05, 4.69) is 16.0 Å². The maximum absolute atomic E-state index is 12.1. The van der Waals surface area contributed by atoms with Gasteiger partial charge in [0.15, 0.2) is 0 Å². The third-order valence-electron chi connectivity index (χ3n) is 3.62. The van der Waals surface area contributed by atoms with Gasteiger partial charge in [0.1, 0.15) is 11.4 Å². The molecular weight excluding hydrogens is 266 g/mol. The minimum absolute atomic E-state index is 0.227. The molecule has 1 aliphatic rings. The molecule has 1 fully saturated rings. The third kappa shape index (κ3) is 4.09. The lowest BCUT2D eigenvalue weighted by Gasteiger charge is -2.27. The minimum atomic E-state index is -0.445. The van der Waals surface area contributed by atoms with Gasteiger partial charge in [0.25, 0.3) is 0 Å². The summed E-state index contributed by atoms with van der Waals surface area (Å²) in [5.74, 6) is 0.941. The highest BCUT2D eigenvalue weighted by Gasteiger charge is 2.32. The Morgan fingerprint density at radius 1 is 1.43 bits per heavy atom. The fourth-order valence-electron chi connectivity index (χ4n) is 2.41. The molecule has 0 spiro atoms. The summed E-state index contributed by atoms with van der Waals surface area (Å²) in [4.78, 5) is 20.4. The second kappa shape index (κ2) is 5.92. The topological polar surface area (TPSA) is 45.7 Å². The van der Waals surface area contributed by atoms with Crippen molar-refractivity contribution in [1.29, 1.82) is 0 Å². The molecule has 5 nitrogen and oxygen atoms in total. The van der Waals surface area contributed by atoms with Crippen molar-refractivity contribution in [3.05, 3.63) is 23.9 Å². The van der Waals surface area contributed by atoms with Crippen LogP contribution in [0.2, 0.25) is 0 Å². The van der Waals surface area contributed by atoms with Gasteiger partial charge in [-0.1, -0.05) is 6.07 Å². The van der Waals surface area contributed by atoms with Crippen LogP contribution in [0.5, 0.6) is 0 Å². The largest absolute Gasteiger partial charge is 0.444 e. The normalized spacial score (nSPS) is 18.7. The van der Waals surface area contributed by atoms with Gasteiger partial charge in [0, 0.05) is 32.4 Å². The van der Waals surface area contributed by atoms with Crippen LogP contribution in [0.3, 0.4) is 0 Å². The summed E-state index contributed by atoms with van der Waals surface area (Å²) in [7, 11) is 2.03. The number of amides is 1. The number of ether oxygens (including phenoxy) is 1. The van der Waals surface area contributed by atoms with E-state index in [1.165, 1.54) is 0 Å². The summed E-state index contributed by atoms with van der Waals surface area (Å²) in [6.45, 7) is 9.11. The standard InChI is InChI=1S/C16H25N3O2/c1-12-6-7-14(17-10-12)18(5)13-8-9-19(11-13)15(20)21-16(2,3)4/h6-7,10,13H,8-9,11H2,1-5H3. The predicted octanol–water partition coefficient (Wildman–Crippen LogP) is 2.84. The number of aromatic nitrogens is 1. The first-order valence-corrected chi connectivity index (χ1v) is 7.40. The molecule has 21 heavy (non-hydrogen) atoms. The van der Waals surface area contributed by atoms with Gasteiger partial charge in [-0.2, -0.15) is 0 Å². The third-order valence-corrected chi connectivity index (χ3v) is 3.62. The van der Waals surface area contributed by atoms with Crippen molar-refractivity contribution in [2.75, 3.05) is 25.0 Å². The number of pyridine rings is 1. The van der Waals surface area contributed by atoms with Gasteiger partial charge >= 0.3 is 6.09 Å². The Morgan fingerprint density at radius 2 is 2.14 bits per heavy atom. The Bertz CT molecular complexity index is 493. The molecule has 0 aromatic carbocycles. The maximum atomic E-state index is 12.1. The Labute approximate surface area is 126 Å². The first-order chi connectivity index (χ1) is 9.76. The summed E-state index contributed by atoms with van der Waals surface area (Å²) in [6.07, 6.45) is 2.58. The Morgan fingerprint density at radius 3 is 2.71 bits per heavy atom. The van der Waals surface area contributed by atoms with Crippen LogP contribution in [0.15, 0.2) is 18.3 Å². The summed E-state index contributed by atoms with van der Waals surface area (Å²) in [6, 6.07) is 4.36. The highest BCUT2D eigenvalue weighted by molar-refractivity contribution is 5.68. The van der Waals surface area contributed by atoms with Crippen LogP contribution in [-0.4, -0.2) is 47.8 Å². The molecule has 116 valence electrons. The molecule has 1 atom stereocenters. The lowest BCUT2D eigenvalue weighted by atomic mass is 10.2. The van der Waals surface area contributed by atoms with Crippen molar-refractivity contribution in [3.8, 4) is 0 Å². The zero-order valence-electron chi connectivity index (χ0n) is 13.6. The molecule has 0 N–H and O–H groups in total. The number of hydrogen-bond donors (Lipinski definition) is 0. The number of anilines is 1. The molecule has 1 amide bonds. The lowest BCUT2D eigenvalue weighted by molar-refractivity contribution is 0.0292. The van der Waals surface area contributed by atoms with Crippen LogP contribution < -0.4 is 4.90 Å². The highest BCUT2D eigenvalue weighted by Crippen LogP contribution is 2.21. The zero-order chi connectivity index (χ0) is 15.6. The van der Waals surface area contributed by atoms with Crippen molar-refractivity contribution in [3.63, 3.8) is 0 Å². The summed E-state index contributed by atoms with van der Waals surface area (Å²) >= 11 is 0. The van der Waals surface area contributed by atoms with E-state index >= 15 is 0 Å². The van der Waals surface area contributed by atoms with E-state index in [1.54, 1.807) is 4.90 Å². The van der Waals surface area contributed by atoms with Crippen molar-refractivity contribution in [2.24, 2.45) is 0 Å². The van der Waals surface area contributed by atoms with Gasteiger partial charge in [0.05, 0.1) is 0 Å². The van der Waals surface area contributed by atoms with Crippen LogP contribution in [0.1, 0.15) is 32.8 Å². The monoisotopic (exact) mass is 291 g/mol. The maximum Gasteiger partial charge on any atom is 0.410 e. The van der Waals surface area contributed by atoms with Crippen molar-refractivity contribution in [2.45, 2.75) is 45.8 Å². The Kier molecular flexibility index (Phi) is 4.40. The predicted molar refractivity (Wildman–Crippen MR) is 83.6 cm³/mol. The summed E-state index contributed by atoms with van der Waals surface area (Å²) < 4.78 is 5.42. The smallest absolute Gasteiger partial charge is 0.410 e. The number of rotatable bonds is 2. The number of carbonyl (C=O) groups is 1. The fraction of sp³-hybridized carbons (Fsp3) is 0.625. The zero-order valence-corrected chi connectivity index (χ0v) is 13.6. The SMILES string of the molecule is Cc1ccc(N(C)C2CCN(C(=O)OC(C)(C)C)C2)nc1. The average molecular weight is 291 g/mol. The molecule has 5 heteroatoms. The van der Waals surface area contributed by atoms with Gasteiger partial charge < -0.3 is 14.5 Å². The van der Waals surface area contributed by atoms with Crippen LogP contribution in [0.4, 0.5) is 10.6 Å². The number of aryl methyl sites for hydroxylation is 1. The van der Waals surface area contributed by atoms with Crippen LogP contribution >= 0.6 is 0 Å². The molecule has 2 heterocycles.